The number of Topliss-reactive ketones (excluding diaryl/α,β-unsaturated/α-hetero) is 1. The summed E-state index contributed by atoms with van der Waals surface area (Å²) in [4.78, 5) is 35.9. The molecule has 0 saturated heterocycles. The Morgan fingerprint density at radius 2 is 1.96 bits per heavy atom. The molecule has 0 spiro atoms. The molecular weight excluding hydrogens is 356 g/mol. The van der Waals surface area contributed by atoms with E-state index in [9.17, 15) is 19.5 Å². The first-order chi connectivity index (χ1) is 13.2. The number of rotatable bonds is 3. The molecule has 0 amide bonds. The van der Waals surface area contributed by atoms with E-state index in [0.29, 0.717) is 24.7 Å². The summed E-state index contributed by atoms with van der Waals surface area (Å²) in [6.45, 7) is 5.58. The Labute approximate surface area is 166 Å². The van der Waals surface area contributed by atoms with E-state index in [0.717, 1.165) is 32.1 Å². The summed E-state index contributed by atoms with van der Waals surface area (Å²) in [5, 5.41) is 11.3. The summed E-state index contributed by atoms with van der Waals surface area (Å²) in [5.74, 6) is 0.600. The minimum atomic E-state index is -0.463. The van der Waals surface area contributed by atoms with Crippen LogP contribution in [0.5, 0.6) is 0 Å². The van der Waals surface area contributed by atoms with E-state index < -0.39 is 12.1 Å². The zero-order chi connectivity index (χ0) is 20.3. The van der Waals surface area contributed by atoms with Crippen molar-refractivity contribution >= 4 is 17.5 Å². The van der Waals surface area contributed by atoms with E-state index >= 15 is 0 Å². The second-order valence-corrected chi connectivity index (χ2v) is 10.0. The lowest BCUT2D eigenvalue weighted by Gasteiger charge is -2.59. The number of aliphatic hydroxyl groups is 1. The molecule has 5 nitrogen and oxygen atoms in total. The molecule has 1 N–H and O–H groups in total. The average molecular weight is 389 g/mol. The highest BCUT2D eigenvalue weighted by Crippen LogP contribution is 2.66. The van der Waals surface area contributed by atoms with Crippen LogP contribution in [0.25, 0.3) is 0 Å². The van der Waals surface area contributed by atoms with Gasteiger partial charge in [-0.3, -0.25) is 14.4 Å². The van der Waals surface area contributed by atoms with E-state index in [1.165, 1.54) is 12.5 Å². The first kappa shape index (κ1) is 19.8. The van der Waals surface area contributed by atoms with Gasteiger partial charge < -0.3 is 9.84 Å². The van der Waals surface area contributed by atoms with Gasteiger partial charge in [0, 0.05) is 19.3 Å². The standard InChI is InChI=1S/C23H32O5/c1-13(24)28-12-20(27)18-7-6-17-16-5-4-14-10-15(25)8-9-22(14,2)21(16)19(26)11-23(17,18)3/h10,16-19,21,26H,4-9,11-12H2,1-3H3/t16?,17?,18?,19?,21?,22-,23?/m0/s1. The lowest BCUT2D eigenvalue weighted by molar-refractivity contribution is -0.154. The van der Waals surface area contributed by atoms with Gasteiger partial charge in [-0.15, -0.1) is 0 Å². The van der Waals surface area contributed by atoms with Crippen molar-refractivity contribution in [2.75, 3.05) is 6.61 Å². The highest BCUT2D eigenvalue weighted by atomic mass is 16.5. The topological polar surface area (TPSA) is 80.7 Å². The van der Waals surface area contributed by atoms with Crippen LogP contribution in [-0.2, 0) is 19.1 Å². The molecule has 4 aliphatic rings. The summed E-state index contributed by atoms with van der Waals surface area (Å²) < 4.78 is 4.98. The third-order valence-corrected chi connectivity index (χ3v) is 8.70. The maximum absolute atomic E-state index is 12.8. The minimum absolute atomic E-state index is 0.00304. The van der Waals surface area contributed by atoms with Gasteiger partial charge in [-0.2, -0.15) is 0 Å². The van der Waals surface area contributed by atoms with E-state index in [1.807, 2.05) is 6.08 Å². The van der Waals surface area contributed by atoms with E-state index in [4.69, 9.17) is 4.74 Å². The molecule has 4 aliphatic carbocycles. The summed E-state index contributed by atoms with van der Waals surface area (Å²) in [5.41, 5.74) is 0.894. The second kappa shape index (κ2) is 6.79. The van der Waals surface area contributed by atoms with Crippen LogP contribution < -0.4 is 0 Å². The molecule has 0 bridgehead atoms. The molecule has 6 unspecified atom stereocenters. The SMILES string of the molecule is CC(=O)OCC(=O)C1CCC2C3CCC4=CC(=O)CC[C@]4(C)C3C(O)CC12C. The number of carbonyl (C=O) groups is 3. The zero-order valence-electron chi connectivity index (χ0n) is 17.2. The van der Waals surface area contributed by atoms with Gasteiger partial charge in [0.25, 0.3) is 0 Å². The largest absolute Gasteiger partial charge is 0.458 e. The highest BCUT2D eigenvalue weighted by molar-refractivity contribution is 5.91. The van der Waals surface area contributed by atoms with Crippen molar-refractivity contribution in [3.63, 3.8) is 0 Å². The number of aliphatic hydroxyl groups excluding tert-OH is 1. The molecule has 0 aliphatic heterocycles. The van der Waals surface area contributed by atoms with Crippen LogP contribution in [0.3, 0.4) is 0 Å². The number of allylic oxidation sites excluding steroid dienone is 1. The molecule has 5 heteroatoms. The molecule has 3 fully saturated rings. The molecule has 0 aromatic heterocycles. The number of hydrogen-bond acceptors (Lipinski definition) is 5. The Bertz CT molecular complexity index is 739. The second-order valence-electron chi connectivity index (χ2n) is 10.0. The number of hydrogen-bond donors (Lipinski definition) is 1. The molecule has 0 aromatic rings. The number of ether oxygens (including phenoxy) is 1. The molecule has 0 aromatic carbocycles. The number of ketones is 2. The van der Waals surface area contributed by atoms with Crippen LogP contribution >= 0.6 is 0 Å². The van der Waals surface area contributed by atoms with Gasteiger partial charge in [-0.05, 0) is 73.2 Å². The van der Waals surface area contributed by atoms with Gasteiger partial charge in [-0.25, -0.2) is 0 Å². The van der Waals surface area contributed by atoms with Crippen molar-refractivity contribution < 1.29 is 24.2 Å². The van der Waals surface area contributed by atoms with E-state index in [2.05, 4.69) is 13.8 Å². The summed E-state index contributed by atoms with van der Waals surface area (Å²) in [6, 6.07) is 0. The van der Waals surface area contributed by atoms with Crippen molar-refractivity contribution in [1.29, 1.82) is 0 Å². The van der Waals surface area contributed by atoms with E-state index in [-0.39, 0.29) is 40.8 Å². The Kier molecular flexibility index (Phi) is 4.80. The quantitative estimate of drug-likeness (QED) is 0.751. The minimum Gasteiger partial charge on any atom is -0.458 e. The van der Waals surface area contributed by atoms with E-state index in [1.54, 1.807) is 0 Å². The number of esters is 1. The first-order valence-corrected chi connectivity index (χ1v) is 10.7. The Hall–Kier alpha value is -1.49. The van der Waals surface area contributed by atoms with Crippen LogP contribution in [0.2, 0.25) is 0 Å². The lowest BCUT2D eigenvalue weighted by Crippen LogP contribution is -2.57. The van der Waals surface area contributed by atoms with Crippen LogP contribution in [-0.4, -0.2) is 35.4 Å². The third-order valence-electron chi connectivity index (χ3n) is 8.70. The maximum atomic E-state index is 12.8. The first-order valence-electron chi connectivity index (χ1n) is 10.7. The van der Waals surface area contributed by atoms with Crippen LogP contribution in [0.4, 0.5) is 0 Å². The van der Waals surface area contributed by atoms with Crippen molar-refractivity contribution in [2.24, 2.45) is 34.5 Å². The van der Waals surface area contributed by atoms with Crippen molar-refractivity contribution in [2.45, 2.75) is 71.8 Å². The van der Waals surface area contributed by atoms with Gasteiger partial charge in [0.1, 0.15) is 6.61 Å². The average Bonchev–Trinajstić information content (AvgIpc) is 2.96. The fraction of sp³-hybridized carbons (Fsp3) is 0.783. The number of fused-ring (bicyclic) bond motifs is 5. The monoisotopic (exact) mass is 388 g/mol. The highest BCUT2D eigenvalue weighted by Gasteiger charge is 2.62. The Morgan fingerprint density at radius 1 is 1.21 bits per heavy atom. The zero-order valence-corrected chi connectivity index (χ0v) is 17.2. The van der Waals surface area contributed by atoms with Gasteiger partial charge in [0.05, 0.1) is 6.10 Å². The fourth-order valence-corrected chi connectivity index (χ4v) is 7.49. The van der Waals surface area contributed by atoms with Crippen molar-refractivity contribution in [3.05, 3.63) is 11.6 Å². The smallest absolute Gasteiger partial charge is 0.303 e. The van der Waals surface area contributed by atoms with Crippen LogP contribution in [0.1, 0.15) is 65.7 Å². The molecule has 154 valence electrons. The fourth-order valence-electron chi connectivity index (χ4n) is 7.49. The predicted octanol–water partition coefficient (Wildman–Crippen LogP) is 3.24. The van der Waals surface area contributed by atoms with Gasteiger partial charge in [0.2, 0.25) is 0 Å². The third kappa shape index (κ3) is 2.89. The molecule has 4 rings (SSSR count). The normalized spacial score (nSPS) is 44.8. The summed E-state index contributed by atoms with van der Waals surface area (Å²) >= 11 is 0. The van der Waals surface area contributed by atoms with Gasteiger partial charge in [-0.1, -0.05) is 19.4 Å². The summed E-state index contributed by atoms with van der Waals surface area (Å²) in [7, 11) is 0. The number of carbonyl (C=O) groups excluding carboxylic acids is 3. The molecular formula is C23H32O5. The van der Waals surface area contributed by atoms with Gasteiger partial charge in [0.15, 0.2) is 11.6 Å². The lowest BCUT2D eigenvalue weighted by atomic mass is 9.46. The predicted molar refractivity (Wildman–Crippen MR) is 103 cm³/mol. The maximum Gasteiger partial charge on any atom is 0.303 e. The van der Waals surface area contributed by atoms with Crippen LogP contribution in [0.15, 0.2) is 11.6 Å². The molecule has 28 heavy (non-hydrogen) atoms. The molecule has 0 heterocycles. The molecule has 0 radical (unpaired) electrons. The van der Waals surface area contributed by atoms with Crippen molar-refractivity contribution in [1.82, 2.24) is 0 Å². The Balaban J connectivity index is 1.61. The van der Waals surface area contributed by atoms with Gasteiger partial charge >= 0.3 is 5.97 Å². The Morgan fingerprint density at radius 3 is 2.68 bits per heavy atom. The van der Waals surface area contributed by atoms with Crippen molar-refractivity contribution in [3.8, 4) is 0 Å². The summed E-state index contributed by atoms with van der Waals surface area (Å²) in [6.07, 6.45) is 7.12. The van der Waals surface area contributed by atoms with Crippen LogP contribution in [0, 0.1) is 34.5 Å². The molecule has 3 saturated carbocycles. The molecule has 7 atom stereocenters.